The molecule has 1 atom stereocenters. The van der Waals surface area contributed by atoms with Gasteiger partial charge in [-0.2, -0.15) is 0 Å². The smallest absolute Gasteiger partial charge is 0.251 e. The van der Waals surface area contributed by atoms with E-state index in [1.807, 2.05) is 0 Å². The van der Waals surface area contributed by atoms with Crippen LogP contribution in [0, 0.1) is 11.7 Å². The second kappa shape index (κ2) is 6.74. The summed E-state index contributed by atoms with van der Waals surface area (Å²) in [6.45, 7) is 3.61. The average molecular weight is 283 g/mol. The molecule has 0 saturated carbocycles. The molecule has 1 rings (SSSR count). The highest BCUT2D eigenvalue weighted by molar-refractivity contribution is 5.98. The van der Waals surface area contributed by atoms with Gasteiger partial charge < -0.3 is 21.0 Å². The fourth-order valence-corrected chi connectivity index (χ4v) is 1.68. The molecule has 0 spiro atoms. The number of oxime groups is 1. The number of benzene rings is 1. The van der Waals surface area contributed by atoms with Gasteiger partial charge in [0.05, 0.1) is 13.2 Å². The number of carbonyl (C=O) groups is 1. The van der Waals surface area contributed by atoms with Crippen LogP contribution in [0.25, 0.3) is 0 Å². The van der Waals surface area contributed by atoms with Crippen LogP contribution in [0.3, 0.4) is 0 Å². The minimum atomic E-state index is -0.641. The highest BCUT2D eigenvalue weighted by Crippen LogP contribution is 2.17. The number of rotatable bonds is 5. The molecule has 1 aromatic rings. The molecule has 0 aromatic heterocycles. The third-order valence-electron chi connectivity index (χ3n) is 2.80. The number of nitrogens with two attached hydrogens (primary N) is 1. The largest absolute Gasteiger partial charge is 0.494 e. The van der Waals surface area contributed by atoms with Crippen molar-refractivity contribution in [2.75, 3.05) is 7.11 Å². The molecule has 0 aliphatic heterocycles. The van der Waals surface area contributed by atoms with Crippen molar-refractivity contribution in [3.05, 3.63) is 29.6 Å². The third kappa shape index (κ3) is 3.59. The number of nitrogens with one attached hydrogen (secondary N) is 1. The number of carbonyl (C=O) groups excluding carboxylic acids is 1. The molecule has 0 aliphatic rings. The summed E-state index contributed by atoms with van der Waals surface area (Å²) >= 11 is 0. The molecule has 0 fully saturated rings. The maximum absolute atomic E-state index is 13.5. The SMILES string of the molecule is COc1ccc(C(=O)NC(C(N)=NO)C(C)C)cc1F. The first-order valence-electron chi connectivity index (χ1n) is 6.02. The lowest BCUT2D eigenvalue weighted by atomic mass is 10.0. The molecular weight excluding hydrogens is 265 g/mol. The minimum absolute atomic E-state index is 0.0541. The van der Waals surface area contributed by atoms with Crippen LogP contribution in [0.2, 0.25) is 0 Å². The van der Waals surface area contributed by atoms with Crippen molar-refractivity contribution in [1.29, 1.82) is 0 Å². The van der Waals surface area contributed by atoms with Crippen LogP contribution in [0.5, 0.6) is 5.75 Å². The number of hydrogen-bond donors (Lipinski definition) is 3. The Morgan fingerprint density at radius 1 is 1.50 bits per heavy atom. The van der Waals surface area contributed by atoms with Gasteiger partial charge in [-0.25, -0.2) is 4.39 Å². The van der Waals surface area contributed by atoms with Gasteiger partial charge in [-0.15, -0.1) is 0 Å². The maximum Gasteiger partial charge on any atom is 0.251 e. The van der Waals surface area contributed by atoms with E-state index in [9.17, 15) is 9.18 Å². The molecule has 0 aliphatic carbocycles. The lowest BCUT2D eigenvalue weighted by Crippen LogP contribution is -2.47. The number of hydrogen-bond acceptors (Lipinski definition) is 4. The lowest BCUT2D eigenvalue weighted by molar-refractivity contribution is 0.0938. The number of nitrogens with zero attached hydrogens (tertiary/aromatic N) is 1. The molecule has 7 heteroatoms. The van der Waals surface area contributed by atoms with Crippen molar-refractivity contribution < 1.29 is 19.1 Å². The molecule has 1 amide bonds. The Morgan fingerprint density at radius 2 is 2.15 bits per heavy atom. The first-order chi connectivity index (χ1) is 9.40. The van der Waals surface area contributed by atoms with Crippen molar-refractivity contribution in [2.24, 2.45) is 16.8 Å². The van der Waals surface area contributed by atoms with E-state index in [2.05, 4.69) is 10.5 Å². The standard InChI is InChI=1S/C13H18FN3O3/c1-7(2)11(12(15)17-19)16-13(18)8-4-5-10(20-3)9(14)6-8/h4-7,11,19H,1-3H3,(H2,15,17)(H,16,18). The van der Waals surface area contributed by atoms with Crippen LogP contribution in [-0.4, -0.2) is 30.1 Å². The Morgan fingerprint density at radius 3 is 2.60 bits per heavy atom. The fraction of sp³-hybridized carbons (Fsp3) is 0.385. The first-order valence-corrected chi connectivity index (χ1v) is 6.02. The van der Waals surface area contributed by atoms with E-state index < -0.39 is 17.8 Å². The molecule has 1 aromatic carbocycles. The molecule has 20 heavy (non-hydrogen) atoms. The molecular formula is C13H18FN3O3. The van der Waals surface area contributed by atoms with Crippen molar-refractivity contribution in [1.82, 2.24) is 5.32 Å². The maximum atomic E-state index is 13.5. The van der Waals surface area contributed by atoms with E-state index in [0.717, 1.165) is 6.07 Å². The van der Waals surface area contributed by atoms with Gasteiger partial charge in [0, 0.05) is 5.56 Å². The zero-order chi connectivity index (χ0) is 15.3. The third-order valence-corrected chi connectivity index (χ3v) is 2.80. The monoisotopic (exact) mass is 283 g/mol. The van der Waals surface area contributed by atoms with Crippen molar-refractivity contribution in [2.45, 2.75) is 19.9 Å². The summed E-state index contributed by atoms with van der Waals surface area (Å²) in [6, 6.07) is 3.22. The summed E-state index contributed by atoms with van der Waals surface area (Å²) in [5.74, 6) is -1.29. The summed E-state index contributed by atoms with van der Waals surface area (Å²) < 4.78 is 18.3. The minimum Gasteiger partial charge on any atom is -0.494 e. The predicted octanol–water partition coefficient (Wildman–Crippen LogP) is 1.34. The van der Waals surface area contributed by atoms with Gasteiger partial charge in [0.15, 0.2) is 17.4 Å². The number of amidine groups is 1. The Bertz CT molecular complexity index is 518. The van der Waals surface area contributed by atoms with Gasteiger partial charge >= 0.3 is 0 Å². The van der Waals surface area contributed by atoms with Gasteiger partial charge in [0.1, 0.15) is 0 Å². The van der Waals surface area contributed by atoms with Gasteiger partial charge in [0.25, 0.3) is 5.91 Å². The molecule has 110 valence electrons. The molecule has 0 radical (unpaired) electrons. The Balaban J connectivity index is 2.92. The number of halogens is 1. The highest BCUT2D eigenvalue weighted by atomic mass is 19.1. The van der Waals surface area contributed by atoms with Crippen LogP contribution < -0.4 is 15.8 Å². The lowest BCUT2D eigenvalue weighted by Gasteiger charge is -2.21. The Labute approximate surface area is 116 Å². The van der Waals surface area contributed by atoms with Crippen molar-refractivity contribution in [3.8, 4) is 5.75 Å². The second-order valence-corrected chi connectivity index (χ2v) is 4.57. The number of amides is 1. The number of methoxy groups -OCH3 is 1. The molecule has 4 N–H and O–H groups in total. The quantitative estimate of drug-likeness (QED) is 0.329. The number of ether oxygens (including phenoxy) is 1. The second-order valence-electron chi connectivity index (χ2n) is 4.57. The fourth-order valence-electron chi connectivity index (χ4n) is 1.68. The first kappa shape index (κ1) is 15.7. The Kier molecular flexibility index (Phi) is 5.31. The van der Waals surface area contributed by atoms with Gasteiger partial charge in [-0.05, 0) is 24.1 Å². The summed E-state index contributed by atoms with van der Waals surface area (Å²) in [5, 5.41) is 14.2. The molecule has 0 heterocycles. The molecule has 0 saturated heterocycles. The predicted molar refractivity (Wildman–Crippen MR) is 72.5 cm³/mol. The van der Waals surface area contributed by atoms with Gasteiger partial charge in [0.2, 0.25) is 0 Å². The van der Waals surface area contributed by atoms with E-state index in [-0.39, 0.29) is 23.1 Å². The van der Waals surface area contributed by atoms with Gasteiger partial charge in [-0.3, -0.25) is 4.79 Å². The van der Waals surface area contributed by atoms with E-state index >= 15 is 0 Å². The Hall–Kier alpha value is -2.31. The van der Waals surface area contributed by atoms with Crippen LogP contribution in [0.15, 0.2) is 23.4 Å². The molecule has 1 unspecified atom stereocenters. The van der Waals surface area contributed by atoms with Crippen LogP contribution in [-0.2, 0) is 0 Å². The van der Waals surface area contributed by atoms with E-state index in [1.165, 1.54) is 19.2 Å². The molecule has 0 bridgehead atoms. The molecule has 6 nitrogen and oxygen atoms in total. The zero-order valence-corrected chi connectivity index (χ0v) is 11.6. The van der Waals surface area contributed by atoms with E-state index in [1.54, 1.807) is 13.8 Å². The van der Waals surface area contributed by atoms with Crippen LogP contribution in [0.1, 0.15) is 24.2 Å². The summed E-state index contributed by atoms with van der Waals surface area (Å²) in [4.78, 5) is 12.0. The average Bonchev–Trinajstić information content (AvgIpc) is 2.43. The van der Waals surface area contributed by atoms with Crippen LogP contribution in [0.4, 0.5) is 4.39 Å². The summed E-state index contributed by atoms with van der Waals surface area (Å²) in [5.41, 5.74) is 5.64. The van der Waals surface area contributed by atoms with E-state index in [0.29, 0.717) is 0 Å². The van der Waals surface area contributed by atoms with Gasteiger partial charge in [-0.1, -0.05) is 19.0 Å². The van der Waals surface area contributed by atoms with Crippen LogP contribution >= 0.6 is 0 Å². The van der Waals surface area contributed by atoms with E-state index in [4.69, 9.17) is 15.7 Å². The van der Waals surface area contributed by atoms with Crippen molar-refractivity contribution >= 4 is 11.7 Å². The normalized spacial score (nSPS) is 13.2. The zero-order valence-electron chi connectivity index (χ0n) is 11.6. The topological polar surface area (TPSA) is 96.9 Å². The summed E-state index contributed by atoms with van der Waals surface area (Å²) in [6.07, 6.45) is 0. The van der Waals surface area contributed by atoms with Crippen molar-refractivity contribution in [3.63, 3.8) is 0 Å². The highest BCUT2D eigenvalue weighted by Gasteiger charge is 2.21. The summed E-state index contributed by atoms with van der Waals surface area (Å²) in [7, 11) is 1.34.